The zero-order valence-corrected chi connectivity index (χ0v) is 15.1. The molecule has 2 atom stereocenters. The Bertz CT molecular complexity index is 789. The molecule has 0 spiro atoms. The van der Waals surface area contributed by atoms with Gasteiger partial charge in [-0.2, -0.15) is 0 Å². The third kappa shape index (κ3) is 5.13. The molecule has 3 N–H and O–H groups in total. The number of hydrogen-bond donors (Lipinski definition) is 2. The molecule has 1 heterocycles. The van der Waals surface area contributed by atoms with Crippen molar-refractivity contribution in [2.45, 2.75) is 32.4 Å². The van der Waals surface area contributed by atoms with Gasteiger partial charge < -0.3 is 15.8 Å². The molecule has 0 aliphatic rings. The van der Waals surface area contributed by atoms with E-state index < -0.39 is 24.0 Å². The van der Waals surface area contributed by atoms with Crippen LogP contribution in [0.1, 0.15) is 19.5 Å². The number of aromatic nitrogens is 1. The Morgan fingerprint density at radius 2 is 2.00 bits per heavy atom. The Kier molecular flexibility index (Phi) is 6.86. The number of nitrogens with one attached hydrogen (secondary N) is 1. The summed E-state index contributed by atoms with van der Waals surface area (Å²) < 4.78 is 5.04. The van der Waals surface area contributed by atoms with Gasteiger partial charge in [0.2, 0.25) is 5.91 Å². The number of hydrogen-bond acceptors (Lipinski definition) is 5. The number of carbonyl (C=O) groups is 2. The van der Waals surface area contributed by atoms with Gasteiger partial charge in [-0.3, -0.25) is 9.78 Å². The standard InChI is InChI=1S/C20H25N3O3/c1-4-11-26-20(25)18(13(2)3)23-19(24)16(21)12-15-10-9-14-7-5-6-8-17(14)22-15/h4-10,13,16,18H,1,11-12,21H2,2-3H3,(H,23,24)/t16-,18-/m0/s1. The van der Waals surface area contributed by atoms with E-state index in [0.717, 1.165) is 16.6 Å². The fourth-order valence-corrected chi connectivity index (χ4v) is 2.53. The molecule has 0 saturated heterocycles. The number of esters is 1. The molecule has 1 aromatic carbocycles. The highest BCUT2D eigenvalue weighted by molar-refractivity contribution is 5.88. The van der Waals surface area contributed by atoms with Crippen LogP contribution in [0.4, 0.5) is 0 Å². The highest BCUT2D eigenvalue weighted by Gasteiger charge is 2.27. The maximum absolute atomic E-state index is 12.4. The Morgan fingerprint density at radius 1 is 1.27 bits per heavy atom. The number of nitrogens with two attached hydrogens (primary N) is 1. The Morgan fingerprint density at radius 3 is 2.69 bits per heavy atom. The molecule has 0 aliphatic heterocycles. The number of rotatable bonds is 8. The van der Waals surface area contributed by atoms with Crippen molar-refractivity contribution < 1.29 is 14.3 Å². The predicted octanol–water partition coefficient (Wildman–Crippen LogP) is 1.97. The minimum atomic E-state index is -0.808. The molecule has 2 rings (SSSR count). The van der Waals surface area contributed by atoms with E-state index in [4.69, 9.17) is 10.5 Å². The zero-order chi connectivity index (χ0) is 19.1. The molecule has 0 bridgehead atoms. The van der Waals surface area contributed by atoms with Crippen LogP contribution < -0.4 is 11.1 Å². The molecule has 6 nitrogen and oxygen atoms in total. The predicted molar refractivity (Wildman–Crippen MR) is 101 cm³/mol. The van der Waals surface area contributed by atoms with Crippen molar-refractivity contribution in [1.29, 1.82) is 0 Å². The van der Waals surface area contributed by atoms with Crippen molar-refractivity contribution in [3.8, 4) is 0 Å². The molecule has 1 aromatic heterocycles. The number of ether oxygens (including phenoxy) is 1. The smallest absolute Gasteiger partial charge is 0.329 e. The number of nitrogens with zero attached hydrogens (tertiary/aromatic N) is 1. The molecule has 0 aliphatic carbocycles. The first-order valence-corrected chi connectivity index (χ1v) is 8.60. The van der Waals surface area contributed by atoms with Crippen molar-refractivity contribution in [2.24, 2.45) is 11.7 Å². The Labute approximate surface area is 153 Å². The number of carbonyl (C=O) groups excluding carboxylic acids is 2. The van der Waals surface area contributed by atoms with Crippen LogP contribution in [0.15, 0.2) is 49.1 Å². The number of amides is 1. The average molecular weight is 355 g/mol. The summed E-state index contributed by atoms with van der Waals surface area (Å²) in [6.45, 7) is 7.26. The second-order valence-electron chi connectivity index (χ2n) is 6.45. The van der Waals surface area contributed by atoms with Crippen LogP contribution >= 0.6 is 0 Å². The number of benzene rings is 1. The summed E-state index contributed by atoms with van der Waals surface area (Å²) in [4.78, 5) is 29.0. The largest absolute Gasteiger partial charge is 0.460 e. The SMILES string of the molecule is C=CCOC(=O)[C@@H](NC(=O)[C@@H](N)Cc1ccc2ccccc2n1)C(C)C. The third-order valence-electron chi connectivity index (χ3n) is 3.98. The summed E-state index contributed by atoms with van der Waals surface area (Å²) in [6.07, 6.45) is 1.76. The molecule has 2 aromatic rings. The Balaban J connectivity index is 2.02. The van der Waals surface area contributed by atoms with E-state index in [9.17, 15) is 9.59 Å². The van der Waals surface area contributed by atoms with Crippen molar-refractivity contribution >= 4 is 22.8 Å². The van der Waals surface area contributed by atoms with E-state index >= 15 is 0 Å². The molecule has 1 amide bonds. The van der Waals surface area contributed by atoms with Gasteiger partial charge in [-0.25, -0.2) is 4.79 Å². The van der Waals surface area contributed by atoms with Gasteiger partial charge in [0.1, 0.15) is 12.6 Å². The molecule has 0 unspecified atom stereocenters. The highest BCUT2D eigenvalue weighted by atomic mass is 16.5. The van der Waals surface area contributed by atoms with Gasteiger partial charge in [0.05, 0.1) is 11.6 Å². The van der Waals surface area contributed by atoms with Crippen LogP contribution in [0.2, 0.25) is 0 Å². The lowest BCUT2D eigenvalue weighted by molar-refractivity contribution is -0.148. The van der Waals surface area contributed by atoms with Crippen LogP contribution in [-0.2, 0) is 20.7 Å². The average Bonchev–Trinajstić information content (AvgIpc) is 2.63. The first-order valence-electron chi connectivity index (χ1n) is 8.60. The molecule has 138 valence electrons. The topological polar surface area (TPSA) is 94.3 Å². The second kappa shape index (κ2) is 9.10. The van der Waals surface area contributed by atoms with E-state index in [1.807, 2.05) is 50.2 Å². The third-order valence-corrected chi connectivity index (χ3v) is 3.98. The first-order chi connectivity index (χ1) is 12.4. The van der Waals surface area contributed by atoms with Crippen molar-refractivity contribution in [3.63, 3.8) is 0 Å². The lowest BCUT2D eigenvalue weighted by Crippen LogP contribution is -2.51. The molecule has 26 heavy (non-hydrogen) atoms. The van der Waals surface area contributed by atoms with Gasteiger partial charge in [-0.05, 0) is 18.1 Å². The lowest BCUT2D eigenvalue weighted by atomic mass is 10.0. The van der Waals surface area contributed by atoms with Gasteiger partial charge >= 0.3 is 5.97 Å². The van der Waals surface area contributed by atoms with Crippen molar-refractivity contribution in [2.75, 3.05) is 6.61 Å². The summed E-state index contributed by atoms with van der Waals surface area (Å²) in [5.74, 6) is -1.03. The fraction of sp³-hybridized carbons (Fsp3) is 0.350. The molecular weight excluding hydrogens is 330 g/mol. The van der Waals surface area contributed by atoms with Gasteiger partial charge in [0, 0.05) is 17.5 Å². The summed E-state index contributed by atoms with van der Waals surface area (Å²) >= 11 is 0. The van der Waals surface area contributed by atoms with Gasteiger partial charge in [0.25, 0.3) is 0 Å². The van der Waals surface area contributed by atoms with Gasteiger partial charge in [-0.15, -0.1) is 0 Å². The van der Waals surface area contributed by atoms with Crippen LogP contribution in [0.3, 0.4) is 0 Å². The Hall–Kier alpha value is -2.73. The molecule has 0 radical (unpaired) electrons. The van der Waals surface area contributed by atoms with Crippen LogP contribution in [0, 0.1) is 5.92 Å². The summed E-state index contributed by atoms with van der Waals surface area (Å²) in [7, 11) is 0. The van der Waals surface area contributed by atoms with E-state index in [1.54, 1.807) is 0 Å². The van der Waals surface area contributed by atoms with E-state index in [0.29, 0.717) is 0 Å². The van der Waals surface area contributed by atoms with E-state index in [-0.39, 0.29) is 18.9 Å². The maximum Gasteiger partial charge on any atom is 0.329 e. The normalized spacial score (nSPS) is 13.2. The van der Waals surface area contributed by atoms with Crippen molar-refractivity contribution in [1.82, 2.24) is 10.3 Å². The second-order valence-corrected chi connectivity index (χ2v) is 6.45. The molecule has 6 heteroatoms. The monoisotopic (exact) mass is 355 g/mol. The number of para-hydroxylation sites is 1. The molecule has 0 saturated carbocycles. The van der Waals surface area contributed by atoms with Crippen LogP contribution in [-0.4, -0.2) is 35.6 Å². The van der Waals surface area contributed by atoms with Gasteiger partial charge in [0.15, 0.2) is 0 Å². The fourth-order valence-electron chi connectivity index (χ4n) is 2.53. The van der Waals surface area contributed by atoms with Crippen LogP contribution in [0.5, 0.6) is 0 Å². The highest BCUT2D eigenvalue weighted by Crippen LogP contribution is 2.13. The summed E-state index contributed by atoms with van der Waals surface area (Å²) in [6, 6.07) is 9.99. The van der Waals surface area contributed by atoms with E-state index in [1.165, 1.54) is 6.08 Å². The zero-order valence-electron chi connectivity index (χ0n) is 15.1. The number of pyridine rings is 1. The first kappa shape index (κ1) is 19.6. The summed E-state index contributed by atoms with van der Waals surface area (Å²) in [5.41, 5.74) is 7.60. The van der Waals surface area contributed by atoms with Crippen molar-refractivity contribution in [3.05, 3.63) is 54.7 Å². The molecule has 0 fully saturated rings. The maximum atomic E-state index is 12.4. The molecular formula is C20H25N3O3. The summed E-state index contributed by atoms with van der Waals surface area (Å²) in [5, 5.41) is 3.71. The number of fused-ring (bicyclic) bond motifs is 1. The van der Waals surface area contributed by atoms with Gasteiger partial charge in [-0.1, -0.05) is 50.8 Å². The van der Waals surface area contributed by atoms with E-state index in [2.05, 4.69) is 16.9 Å². The van der Waals surface area contributed by atoms with Crippen LogP contribution in [0.25, 0.3) is 10.9 Å². The minimum absolute atomic E-state index is 0.102. The minimum Gasteiger partial charge on any atom is -0.460 e. The quantitative estimate of drug-likeness (QED) is 0.558. The lowest BCUT2D eigenvalue weighted by Gasteiger charge is -2.22.